The van der Waals surface area contributed by atoms with Gasteiger partial charge in [-0.25, -0.2) is 14.4 Å². The first-order chi connectivity index (χ1) is 17.5. The van der Waals surface area contributed by atoms with Crippen molar-refractivity contribution in [2.24, 2.45) is 0 Å². The molecule has 8 nitrogen and oxygen atoms in total. The van der Waals surface area contributed by atoms with Crippen molar-refractivity contribution >= 4 is 34.3 Å². The number of pyridine rings is 1. The summed E-state index contributed by atoms with van der Waals surface area (Å²) in [6, 6.07) is 11.4. The van der Waals surface area contributed by atoms with Gasteiger partial charge >= 0.3 is 0 Å². The standard InChI is InChI=1S/C26H23ClFN7O/c1-15-23(28)21(13-29)33-26(31-15)35-7-6-18-19-12-17(27)3-4-20(19)32-24(18)25(35)16-2-5-22(30-14-16)34-8-10-36-11-9-34/h2-5,12,14,25,32H,6-11H2,1H3/t25-/m0/s1. The van der Waals surface area contributed by atoms with Crippen molar-refractivity contribution in [2.75, 3.05) is 42.6 Å². The SMILES string of the molecule is Cc1nc(N2CCc3c([nH]c4ccc(Cl)cc34)[C@@H]2c2ccc(N3CCOCC3)nc2)nc(C#N)c1F. The molecule has 2 aliphatic rings. The van der Waals surface area contributed by atoms with Crippen molar-refractivity contribution in [3.8, 4) is 6.07 Å². The smallest absolute Gasteiger partial charge is 0.227 e. The van der Waals surface area contributed by atoms with Crippen molar-refractivity contribution in [3.05, 3.63) is 75.6 Å². The molecule has 0 amide bonds. The Labute approximate surface area is 212 Å². The number of nitriles is 1. The molecular weight excluding hydrogens is 481 g/mol. The molecule has 36 heavy (non-hydrogen) atoms. The molecule has 0 saturated carbocycles. The highest BCUT2D eigenvalue weighted by molar-refractivity contribution is 6.31. The van der Waals surface area contributed by atoms with Gasteiger partial charge in [-0.1, -0.05) is 17.7 Å². The normalized spacial score (nSPS) is 17.8. The second-order valence-electron chi connectivity index (χ2n) is 8.99. The maximum Gasteiger partial charge on any atom is 0.227 e. The summed E-state index contributed by atoms with van der Waals surface area (Å²) in [4.78, 5) is 21.3. The summed E-state index contributed by atoms with van der Waals surface area (Å²) in [7, 11) is 0. The molecule has 0 spiro atoms. The zero-order valence-corrected chi connectivity index (χ0v) is 20.4. The van der Waals surface area contributed by atoms with Crippen LogP contribution >= 0.6 is 11.6 Å². The molecule has 2 aliphatic heterocycles. The Kier molecular flexibility index (Phi) is 5.70. The Morgan fingerprint density at radius 2 is 2.00 bits per heavy atom. The number of hydrogen-bond acceptors (Lipinski definition) is 7. The number of H-pyrrole nitrogens is 1. The van der Waals surface area contributed by atoms with Crippen molar-refractivity contribution < 1.29 is 9.13 Å². The zero-order chi connectivity index (χ0) is 24.8. The van der Waals surface area contributed by atoms with Gasteiger partial charge in [-0.3, -0.25) is 0 Å². The molecule has 1 N–H and O–H groups in total. The Bertz CT molecular complexity index is 1490. The number of halogens is 2. The first-order valence-electron chi connectivity index (χ1n) is 11.8. The maximum atomic E-state index is 14.4. The third-order valence-corrected chi connectivity index (χ3v) is 7.11. The third-order valence-electron chi connectivity index (χ3n) is 6.88. The fourth-order valence-electron chi connectivity index (χ4n) is 5.11. The van der Waals surface area contributed by atoms with Gasteiger partial charge < -0.3 is 19.5 Å². The number of ether oxygens (including phenoxy) is 1. The average molecular weight is 504 g/mol. The van der Waals surface area contributed by atoms with Gasteiger partial charge in [-0.05, 0) is 48.7 Å². The first kappa shape index (κ1) is 22.7. The van der Waals surface area contributed by atoms with Crippen molar-refractivity contribution in [1.29, 1.82) is 5.26 Å². The molecule has 3 aromatic heterocycles. The Morgan fingerprint density at radius 3 is 2.75 bits per heavy atom. The van der Waals surface area contributed by atoms with Gasteiger partial charge in [0, 0.05) is 47.5 Å². The second kappa shape index (κ2) is 9.04. The average Bonchev–Trinajstić information content (AvgIpc) is 3.28. The number of anilines is 2. The fraction of sp³-hybridized carbons (Fsp3) is 0.308. The molecule has 0 unspecified atom stereocenters. The molecule has 1 fully saturated rings. The van der Waals surface area contributed by atoms with E-state index in [0.717, 1.165) is 41.1 Å². The summed E-state index contributed by atoms with van der Waals surface area (Å²) in [6.07, 6.45) is 2.59. The van der Waals surface area contributed by atoms with E-state index < -0.39 is 5.82 Å². The molecule has 10 heteroatoms. The van der Waals surface area contributed by atoms with Crippen LogP contribution in [0.5, 0.6) is 0 Å². The summed E-state index contributed by atoms with van der Waals surface area (Å²) < 4.78 is 19.9. The molecule has 6 rings (SSSR count). The quantitative estimate of drug-likeness (QED) is 0.445. The molecule has 182 valence electrons. The van der Waals surface area contributed by atoms with Gasteiger partial charge in [0.1, 0.15) is 11.9 Å². The monoisotopic (exact) mass is 503 g/mol. The highest BCUT2D eigenvalue weighted by Gasteiger charge is 2.34. The van der Waals surface area contributed by atoms with Crippen LogP contribution in [0.2, 0.25) is 5.02 Å². The van der Waals surface area contributed by atoms with Crippen LogP contribution in [0.4, 0.5) is 16.2 Å². The Hall–Kier alpha value is -3.74. The Balaban J connectivity index is 1.48. The first-order valence-corrected chi connectivity index (χ1v) is 12.2. The van der Waals surface area contributed by atoms with Crippen molar-refractivity contribution in [2.45, 2.75) is 19.4 Å². The largest absolute Gasteiger partial charge is 0.378 e. The predicted octanol–water partition coefficient (Wildman–Crippen LogP) is 4.31. The number of aromatic nitrogens is 4. The molecule has 1 aromatic carbocycles. The van der Waals surface area contributed by atoms with Crippen molar-refractivity contribution in [1.82, 2.24) is 19.9 Å². The molecule has 0 aliphatic carbocycles. The van der Waals surface area contributed by atoms with Gasteiger partial charge in [0.2, 0.25) is 5.95 Å². The second-order valence-corrected chi connectivity index (χ2v) is 9.42. The predicted molar refractivity (Wildman–Crippen MR) is 135 cm³/mol. The van der Waals surface area contributed by atoms with Gasteiger partial charge in [-0.2, -0.15) is 10.2 Å². The van der Waals surface area contributed by atoms with Gasteiger partial charge in [-0.15, -0.1) is 0 Å². The summed E-state index contributed by atoms with van der Waals surface area (Å²) in [5, 5.41) is 11.2. The van der Waals surface area contributed by atoms with Crippen LogP contribution < -0.4 is 9.80 Å². The van der Waals surface area contributed by atoms with E-state index in [-0.39, 0.29) is 17.4 Å². The van der Waals surface area contributed by atoms with Crippen molar-refractivity contribution in [3.63, 3.8) is 0 Å². The number of fused-ring (bicyclic) bond motifs is 3. The lowest BCUT2D eigenvalue weighted by Gasteiger charge is -2.36. The number of nitrogens with one attached hydrogen (secondary N) is 1. The lowest BCUT2D eigenvalue weighted by Crippen LogP contribution is -2.38. The Morgan fingerprint density at radius 1 is 1.17 bits per heavy atom. The van der Waals surface area contributed by atoms with Gasteiger partial charge in [0.15, 0.2) is 11.5 Å². The van der Waals surface area contributed by atoms with E-state index in [9.17, 15) is 9.65 Å². The van der Waals surface area contributed by atoms with E-state index >= 15 is 0 Å². The molecule has 1 atom stereocenters. The van der Waals surface area contributed by atoms with Crippen LogP contribution in [0.15, 0.2) is 36.5 Å². The summed E-state index contributed by atoms with van der Waals surface area (Å²) >= 11 is 6.32. The number of rotatable bonds is 3. The third kappa shape index (κ3) is 3.83. The van der Waals surface area contributed by atoms with Crippen LogP contribution in [-0.2, 0) is 11.2 Å². The summed E-state index contributed by atoms with van der Waals surface area (Å²) in [6.45, 7) is 5.10. The molecular formula is C26H23ClFN7O. The number of hydrogen-bond donors (Lipinski definition) is 1. The lowest BCUT2D eigenvalue weighted by molar-refractivity contribution is 0.122. The number of morpholine rings is 1. The number of aryl methyl sites for hydroxylation is 1. The fourth-order valence-corrected chi connectivity index (χ4v) is 5.28. The van der Waals surface area contributed by atoms with E-state index in [0.29, 0.717) is 37.2 Å². The van der Waals surface area contributed by atoms with E-state index in [1.165, 1.54) is 5.56 Å². The number of aromatic amines is 1. The van der Waals surface area contributed by atoms with Crippen LogP contribution in [0.25, 0.3) is 10.9 Å². The minimum atomic E-state index is -0.688. The zero-order valence-electron chi connectivity index (χ0n) is 19.6. The van der Waals surface area contributed by atoms with E-state index in [4.69, 9.17) is 21.3 Å². The summed E-state index contributed by atoms with van der Waals surface area (Å²) in [5.74, 6) is 0.524. The highest BCUT2D eigenvalue weighted by atomic mass is 35.5. The maximum absolute atomic E-state index is 14.4. The van der Waals surface area contributed by atoms with Crippen LogP contribution in [0.3, 0.4) is 0 Å². The van der Waals surface area contributed by atoms with E-state index in [1.807, 2.05) is 41.4 Å². The molecule has 5 heterocycles. The van der Waals surface area contributed by atoms with Gasteiger partial charge in [0.05, 0.1) is 24.9 Å². The van der Waals surface area contributed by atoms with Gasteiger partial charge in [0.25, 0.3) is 0 Å². The van der Waals surface area contributed by atoms with E-state index in [1.54, 1.807) is 6.92 Å². The highest BCUT2D eigenvalue weighted by Crippen LogP contribution is 2.40. The summed E-state index contributed by atoms with van der Waals surface area (Å²) in [5.41, 5.74) is 3.98. The minimum absolute atomic E-state index is 0.144. The van der Waals surface area contributed by atoms with Crippen LogP contribution in [0, 0.1) is 24.1 Å². The minimum Gasteiger partial charge on any atom is -0.378 e. The lowest BCUT2D eigenvalue weighted by atomic mass is 9.93. The molecule has 1 saturated heterocycles. The van der Waals surface area contributed by atoms with Crippen LogP contribution in [0.1, 0.15) is 34.3 Å². The topological polar surface area (TPSA) is 94.0 Å². The number of nitrogens with zero attached hydrogens (tertiary/aromatic N) is 6. The van der Waals surface area contributed by atoms with Crippen LogP contribution in [-0.4, -0.2) is 52.8 Å². The molecule has 0 radical (unpaired) electrons. The molecule has 0 bridgehead atoms. The molecule has 4 aromatic rings. The number of benzene rings is 1. The van der Waals surface area contributed by atoms with E-state index in [2.05, 4.69) is 25.9 Å².